The van der Waals surface area contributed by atoms with E-state index >= 15 is 0 Å². The van der Waals surface area contributed by atoms with Gasteiger partial charge in [0.15, 0.2) is 0 Å². The van der Waals surface area contributed by atoms with Gasteiger partial charge in [-0.1, -0.05) is 73.6 Å². The summed E-state index contributed by atoms with van der Waals surface area (Å²) >= 11 is 14.0. The summed E-state index contributed by atoms with van der Waals surface area (Å²) in [5, 5.41) is 5.53. The Bertz CT molecular complexity index is 672. The minimum absolute atomic E-state index is 0.643. The zero-order valence-electron chi connectivity index (χ0n) is 14.3. The first-order valence-electron chi connectivity index (χ1n) is 8.56. The van der Waals surface area contributed by atoms with Crippen LogP contribution in [-0.2, 0) is 0 Å². The molecule has 0 amide bonds. The molecule has 0 aliphatic rings. The van der Waals surface area contributed by atoms with Gasteiger partial charge in [-0.05, 0) is 37.1 Å². The lowest BCUT2D eigenvalue weighted by atomic mass is 10.1. The van der Waals surface area contributed by atoms with Gasteiger partial charge in [0.2, 0.25) is 0 Å². The van der Waals surface area contributed by atoms with Gasteiger partial charge in [0.25, 0.3) is 0 Å². The molecule has 0 fully saturated rings. The first kappa shape index (κ1) is 20.1. The molecule has 6 heteroatoms. The second-order valence-corrected chi connectivity index (χ2v) is 7.55. The Kier molecular flexibility index (Phi) is 9.16. The second kappa shape index (κ2) is 11.4. The van der Waals surface area contributed by atoms with E-state index in [0.717, 1.165) is 16.2 Å². The summed E-state index contributed by atoms with van der Waals surface area (Å²) in [6.45, 7) is 2.23. The van der Waals surface area contributed by atoms with Crippen LogP contribution in [0.4, 0.5) is 5.82 Å². The van der Waals surface area contributed by atoms with Crippen LogP contribution in [0.5, 0.6) is 0 Å². The minimum atomic E-state index is 0.643. The van der Waals surface area contributed by atoms with E-state index in [4.69, 9.17) is 23.2 Å². The summed E-state index contributed by atoms with van der Waals surface area (Å²) in [6.07, 6.45) is 11.0. The fourth-order valence-electron chi connectivity index (χ4n) is 2.25. The third kappa shape index (κ3) is 7.27. The van der Waals surface area contributed by atoms with E-state index < -0.39 is 0 Å². The Morgan fingerprint density at radius 1 is 1.12 bits per heavy atom. The van der Waals surface area contributed by atoms with Crippen LogP contribution >= 0.6 is 35.0 Å². The van der Waals surface area contributed by atoms with Gasteiger partial charge in [0.05, 0.1) is 10.0 Å². The molecule has 2 aromatic rings. The highest BCUT2D eigenvalue weighted by Gasteiger charge is 2.08. The largest absolute Gasteiger partial charge is 0.262 e. The van der Waals surface area contributed by atoms with E-state index in [1.165, 1.54) is 43.9 Å². The predicted octanol–water partition coefficient (Wildman–Crippen LogP) is 7.30. The normalized spacial score (nSPS) is 11.2. The third-order valence-corrected chi connectivity index (χ3v) is 5.57. The molecule has 25 heavy (non-hydrogen) atoms. The lowest BCUT2D eigenvalue weighted by molar-refractivity contribution is 0.645. The maximum absolute atomic E-state index is 6.22. The number of benzene rings is 1. The van der Waals surface area contributed by atoms with Crippen LogP contribution in [0.3, 0.4) is 0 Å². The predicted molar refractivity (Wildman–Crippen MR) is 110 cm³/mol. The van der Waals surface area contributed by atoms with Crippen LogP contribution in [0.25, 0.3) is 0 Å². The third-order valence-electron chi connectivity index (χ3n) is 3.58. The van der Waals surface area contributed by atoms with Gasteiger partial charge >= 0.3 is 0 Å². The zero-order valence-corrected chi connectivity index (χ0v) is 16.7. The van der Waals surface area contributed by atoms with Crippen molar-refractivity contribution in [3.05, 3.63) is 46.6 Å². The lowest BCUT2D eigenvalue weighted by Crippen LogP contribution is -1.93. The van der Waals surface area contributed by atoms with Crippen LogP contribution in [0.1, 0.15) is 45.4 Å². The maximum atomic E-state index is 6.22. The molecular weight excluding hydrogens is 373 g/mol. The van der Waals surface area contributed by atoms with Crippen molar-refractivity contribution < 1.29 is 0 Å². The molecular formula is C19H23Cl2N3S. The van der Waals surface area contributed by atoms with Gasteiger partial charge in [0.1, 0.15) is 5.82 Å². The van der Waals surface area contributed by atoms with Crippen molar-refractivity contribution in [3.8, 4) is 0 Å². The number of anilines is 1. The van der Waals surface area contributed by atoms with Crippen molar-refractivity contribution in [2.24, 2.45) is 5.10 Å². The average molecular weight is 396 g/mol. The molecule has 0 radical (unpaired) electrons. The van der Waals surface area contributed by atoms with Gasteiger partial charge < -0.3 is 0 Å². The molecule has 2 rings (SSSR count). The maximum Gasteiger partial charge on any atom is 0.147 e. The first-order valence-corrected chi connectivity index (χ1v) is 10.1. The van der Waals surface area contributed by atoms with Crippen molar-refractivity contribution in [2.45, 2.75) is 55.2 Å². The Morgan fingerprint density at radius 2 is 1.88 bits per heavy atom. The number of nitrogens with one attached hydrogen (secondary N) is 1. The summed E-state index contributed by atoms with van der Waals surface area (Å²) in [5.74, 6) is 0.704. The number of halogens is 2. The fraction of sp³-hybridized carbons (Fsp3) is 0.368. The van der Waals surface area contributed by atoms with Crippen LogP contribution in [-0.4, -0.2) is 11.2 Å². The Balaban J connectivity index is 1.85. The summed E-state index contributed by atoms with van der Waals surface area (Å²) in [4.78, 5) is 6.13. The molecule has 134 valence electrons. The highest BCUT2D eigenvalue weighted by atomic mass is 35.5. The molecule has 0 aliphatic carbocycles. The Morgan fingerprint density at radius 3 is 2.64 bits per heavy atom. The number of rotatable bonds is 10. The van der Waals surface area contributed by atoms with Crippen molar-refractivity contribution in [2.75, 3.05) is 5.43 Å². The number of unbranched alkanes of at least 4 members (excludes halogenated alkanes) is 5. The topological polar surface area (TPSA) is 37.3 Å². The fourth-order valence-corrected chi connectivity index (χ4v) is 3.74. The Hall–Kier alpha value is -1.23. The Labute approximate surface area is 164 Å². The van der Waals surface area contributed by atoms with E-state index in [1.807, 2.05) is 36.5 Å². The summed E-state index contributed by atoms with van der Waals surface area (Å²) in [5.41, 5.74) is 2.98. The molecule has 0 aliphatic heterocycles. The number of hydrazone groups is 1. The molecule has 0 bridgehead atoms. The van der Waals surface area contributed by atoms with Gasteiger partial charge in [-0.25, -0.2) is 4.98 Å². The summed E-state index contributed by atoms with van der Waals surface area (Å²) in [7, 11) is 0. The molecule has 0 unspecified atom stereocenters. The smallest absolute Gasteiger partial charge is 0.147 e. The van der Waals surface area contributed by atoms with Crippen LogP contribution in [0.2, 0.25) is 10.0 Å². The number of aromatic nitrogens is 1. The zero-order chi connectivity index (χ0) is 17.9. The molecule has 0 saturated heterocycles. The SMILES string of the molecule is CCCCCCC/C=N/Nc1cc(Sc2c(Cl)cccc2Cl)ccn1. The minimum Gasteiger partial charge on any atom is -0.262 e. The van der Waals surface area contributed by atoms with E-state index in [-0.39, 0.29) is 0 Å². The molecule has 1 aromatic carbocycles. The van der Waals surface area contributed by atoms with Crippen LogP contribution in [0.15, 0.2) is 51.4 Å². The molecule has 1 heterocycles. The van der Waals surface area contributed by atoms with E-state index in [0.29, 0.717) is 15.9 Å². The highest BCUT2D eigenvalue weighted by Crippen LogP contribution is 2.38. The number of hydrogen-bond donors (Lipinski definition) is 1. The van der Waals surface area contributed by atoms with Crippen LogP contribution < -0.4 is 5.43 Å². The first-order chi connectivity index (χ1) is 12.2. The van der Waals surface area contributed by atoms with Crippen molar-refractivity contribution in [1.29, 1.82) is 0 Å². The lowest BCUT2D eigenvalue weighted by Gasteiger charge is -2.07. The van der Waals surface area contributed by atoms with Gasteiger partial charge in [-0.15, -0.1) is 0 Å². The molecule has 0 saturated carbocycles. The number of hydrogen-bond acceptors (Lipinski definition) is 4. The van der Waals surface area contributed by atoms with Crippen LogP contribution in [0, 0.1) is 0 Å². The van der Waals surface area contributed by atoms with Crippen molar-refractivity contribution >= 4 is 47.0 Å². The standard InChI is InChI=1S/C19H23Cl2N3S/c1-2-3-4-5-6-7-12-23-24-18-14-15(11-13-22-18)25-19-16(20)9-8-10-17(19)21/h8-14H,2-7H2,1H3,(H,22,24)/b23-12+. The molecule has 0 spiro atoms. The monoisotopic (exact) mass is 395 g/mol. The van der Waals surface area contributed by atoms with Crippen molar-refractivity contribution in [1.82, 2.24) is 4.98 Å². The molecule has 0 atom stereocenters. The molecule has 3 nitrogen and oxygen atoms in total. The highest BCUT2D eigenvalue weighted by molar-refractivity contribution is 7.99. The van der Waals surface area contributed by atoms with Gasteiger partial charge in [-0.2, -0.15) is 5.10 Å². The average Bonchev–Trinajstić information content (AvgIpc) is 2.61. The van der Waals surface area contributed by atoms with Crippen molar-refractivity contribution in [3.63, 3.8) is 0 Å². The molecule has 1 aromatic heterocycles. The number of nitrogens with zero attached hydrogens (tertiary/aromatic N) is 2. The van der Waals surface area contributed by atoms with E-state index in [1.54, 1.807) is 6.20 Å². The van der Waals surface area contributed by atoms with Gasteiger partial charge in [-0.3, -0.25) is 5.43 Å². The summed E-state index contributed by atoms with van der Waals surface area (Å²) < 4.78 is 0. The van der Waals surface area contributed by atoms with E-state index in [9.17, 15) is 0 Å². The molecule has 1 N–H and O–H groups in total. The van der Waals surface area contributed by atoms with E-state index in [2.05, 4.69) is 22.4 Å². The van der Waals surface area contributed by atoms with Gasteiger partial charge in [0, 0.05) is 22.2 Å². The summed E-state index contributed by atoms with van der Waals surface area (Å²) in [6, 6.07) is 9.36. The second-order valence-electron chi connectivity index (χ2n) is 5.66. The quantitative estimate of drug-likeness (QED) is 0.260. The number of pyridine rings is 1.